The molecule has 82 valence electrons. The highest BCUT2D eigenvalue weighted by Gasteiger charge is 2.06. The van der Waals surface area contributed by atoms with E-state index in [0.29, 0.717) is 6.54 Å². The molecule has 0 aliphatic rings. The number of carbonyl (C=O) groups is 1. The number of benzene rings is 1. The monoisotopic (exact) mass is 220 g/mol. The third kappa shape index (κ3) is 2.25. The Bertz CT molecular complexity index is 522. The second kappa shape index (κ2) is 4.14. The average Bonchev–Trinajstić information content (AvgIpc) is 2.66. The van der Waals surface area contributed by atoms with Crippen molar-refractivity contribution in [2.24, 2.45) is 0 Å². The third-order valence-corrected chi connectivity index (χ3v) is 2.09. The van der Waals surface area contributed by atoms with E-state index in [2.05, 4.69) is 5.10 Å². The molecule has 0 spiro atoms. The third-order valence-electron chi connectivity index (χ3n) is 2.09. The molecule has 2 aromatic rings. The summed E-state index contributed by atoms with van der Waals surface area (Å²) in [6.45, 7) is 0.352. The Balaban J connectivity index is 2.17. The number of hydrogen-bond donors (Lipinski definition) is 1. The van der Waals surface area contributed by atoms with E-state index in [1.165, 1.54) is 22.9 Å². The van der Waals surface area contributed by atoms with Crippen molar-refractivity contribution in [3.8, 4) is 0 Å². The summed E-state index contributed by atoms with van der Waals surface area (Å²) in [4.78, 5) is 10.6. The number of halogens is 1. The maximum Gasteiger partial charge on any atom is 0.356 e. The summed E-state index contributed by atoms with van der Waals surface area (Å²) in [5.74, 6) is -1.39. The number of rotatable bonds is 3. The van der Waals surface area contributed by atoms with E-state index in [1.54, 1.807) is 18.3 Å². The van der Waals surface area contributed by atoms with E-state index >= 15 is 0 Å². The zero-order valence-corrected chi connectivity index (χ0v) is 8.30. The van der Waals surface area contributed by atoms with Crippen LogP contribution in [0.2, 0.25) is 0 Å². The van der Waals surface area contributed by atoms with E-state index in [0.717, 1.165) is 5.56 Å². The molecule has 5 heteroatoms. The van der Waals surface area contributed by atoms with Gasteiger partial charge in [0.25, 0.3) is 0 Å². The molecule has 1 N–H and O–H groups in total. The zero-order valence-electron chi connectivity index (χ0n) is 8.30. The van der Waals surface area contributed by atoms with Crippen molar-refractivity contribution in [1.82, 2.24) is 9.78 Å². The maximum absolute atomic E-state index is 12.9. The standard InChI is InChI=1S/C11H9FN2O2/c12-9-3-1-2-8(6-9)7-14-5-4-10(13-14)11(15)16/h1-6H,7H2,(H,15,16). The maximum atomic E-state index is 12.9. The van der Waals surface area contributed by atoms with Crippen molar-refractivity contribution >= 4 is 5.97 Å². The summed E-state index contributed by atoms with van der Waals surface area (Å²) in [7, 11) is 0. The molecule has 1 aromatic carbocycles. The molecule has 0 aliphatic carbocycles. The molecule has 0 aliphatic heterocycles. The lowest BCUT2D eigenvalue weighted by Crippen LogP contribution is -2.04. The predicted octanol–water partition coefficient (Wildman–Crippen LogP) is 1.77. The van der Waals surface area contributed by atoms with Gasteiger partial charge in [0.1, 0.15) is 5.82 Å². The van der Waals surface area contributed by atoms with E-state index in [-0.39, 0.29) is 11.5 Å². The van der Waals surface area contributed by atoms with Gasteiger partial charge in [-0.25, -0.2) is 9.18 Å². The number of nitrogens with zero attached hydrogens (tertiary/aromatic N) is 2. The predicted molar refractivity (Wildman–Crippen MR) is 54.7 cm³/mol. The Kier molecular flexibility index (Phi) is 2.68. The van der Waals surface area contributed by atoms with E-state index < -0.39 is 5.97 Å². The first-order valence-electron chi connectivity index (χ1n) is 4.66. The summed E-state index contributed by atoms with van der Waals surface area (Å²) in [5.41, 5.74) is 0.719. The van der Waals surface area contributed by atoms with Gasteiger partial charge in [0.15, 0.2) is 5.69 Å². The lowest BCUT2D eigenvalue weighted by Gasteiger charge is -2.01. The Labute approximate surface area is 90.9 Å². The number of aromatic carboxylic acids is 1. The lowest BCUT2D eigenvalue weighted by atomic mass is 10.2. The summed E-state index contributed by atoms with van der Waals surface area (Å²) < 4.78 is 14.3. The minimum atomic E-state index is -1.07. The second-order valence-electron chi connectivity index (χ2n) is 3.33. The summed E-state index contributed by atoms with van der Waals surface area (Å²) in [6, 6.07) is 7.51. The first-order chi connectivity index (χ1) is 7.65. The fourth-order valence-electron chi connectivity index (χ4n) is 1.39. The molecular weight excluding hydrogens is 211 g/mol. The number of aromatic nitrogens is 2. The number of carboxylic acids is 1. The molecule has 0 radical (unpaired) electrons. The molecule has 4 nitrogen and oxygen atoms in total. The van der Waals surface area contributed by atoms with Gasteiger partial charge in [-0.3, -0.25) is 4.68 Å². The van der Waals surface area contributed by atoms with Crippen molar-refractivity contribution < 1.29 is 14.3 Å². The van der Waals surface area contributed by atoms with Crippen LogP contribution in [0.5, 0.6) is 0 Å². The van der Waals surface area contributed by atoms with Crippen LogP contribution in [0.25, 0.3) is 0 Å². The molecule has 1 aromatic heterocycles. The van der Waals surface area contributed by atoms with Crippen LogP contribution in [0.15, 0.2) is 36.5 Å². The average molecular weight is 220 g/mol. The minimum absolute atomic E-state index is 0.0172. The molecule has 2 rings (SSSR count). The molecule has 16 heavy (non-hydrogen) atoms. The summed E-state index contributed by atoms with van der Waals surface area (Å²) in [5, 5.41) is 12.5. The fourth-order valence-corrected chi connectivity index (χ4v) is 1.39. The van der Waals surface area contributed by atoms with Crippen molar-refractivity contribution in [2.75, 3.05) is 0 Å². The second-order valence-corrected chi connectivity index (χ2v) is 3.33. The normalized spacial score (nSPS) is 10.3. The van der Waals surface area contributed by atoms with Gasteiger partial charge in [0.05, 0.1) is 6.54 Å². The van der Waals surface area contributed by atoms with Gasteiger partial charge < -0.3 is 5.11 Å². The van der Waals surface area contributed by atoms with Gasteiger partial charge >= 0.3 is 5.97 Å². The Morgan fingerprint density at radius 2 is 2.25 bits per heavy atom. The van der Waals surface area contributed by atoms with E-state index in [9.17, 15) is 9.18 Å². The molecule has 0 saturated carbocycles. The van der Waals surface area contributed by atoms with Gasteiger partial charge in [-0.1, -0.05) is 12.1 Å². The molecule has 0 atom stereocenters. The van der Waals surface area contributed by atoms with Crippen LogP contribution >= 0.6 is 0 Å². The van der Waals surface area contributed by atoms with Crippen molar-refractivity contribution in [1.29, 1.82) is 0 Å². The van der Waals surface area contributed by atoms with Crippen LogP contribution in [0.4, 0.5) is 4.39 Å². The fraction of sp³-hybridized carbons (Fsp3) is 0.0909. The smallest absolute Gasteiger partial charge is 0.356 e. The van der Waals surface area contributed by atoms with Gasteiger partial charge in [0, 0.05) is 6.20 Å². The highest BCUT2D eigenvalue weighted by Crippen LogP contribution is 2.06. The molecule has 0 amide bonds. The highest BCUT2D eigenvalue weighted by atomic mass is 19.1. The molecular formula is C11H9FN2O2. The topological polar surface area (TPSA) is 55.1 Å². The van der Waals surface area contributed by atoms with Crippen molar-refractivity contribution in [3.05, 3.63) is 53.6 Å². The SMILES string of the molecule is O=C(O)c1ccn(Cc2cccc(F)c2)n1. The lowest BCUT2D eigenvalue weighted by molar-refractivity contribution is 0.0689. The highest BCUT2D eigenvalue weighted by molar-refractivity contribution is 5.85. The first-order valence-corrected chi connectivity index (χ1v) is 4.66. The van der Waals surface area contributed by atoms with Crippen LogP contribution < -0.4 is 0 Å². The molecule has 0 saturated heterocycles. The van der Waals surface area contributed by atoms with Crippen LogP contribution in [-0.4, -0.2) is 20.9 Å². The zero-order chi connectivity index (χ0) is 11.5. The molecule has 0 fully saturated rings. The van der Waals surface area contributed by atoms with Crippen LogP contribution in [0.1, 0.15) is 16.1 Å². The van der Waals surface area contributed by atoms with Gasteiger partial charge in [-0.2, -0.15) is 5.10 Å². The Hall–Kier alpha value is -2.17. The largest absolute Gasteiger partial charge is 0.476 e. The molecule has 0 bridgehead atoms. The van der Waals surface area contributed by atoms with Crippen LogP contribution in [0, 0.1) is 5.82 Å². The van der Waals surface area contributed by atoms with Crippen molar-refractivity contribution in [2.45, 2.75) is 6.54 Å². The Morgan fingerprint density at radius 3 is 2.88 bits per heavy atom. The van der Waals surface area contributed by atoms with Crippen molar-refractivity contribution in [3.63, 3.8) is 0 Å². The van der Waals surface area contributed by atoms with E-state index in [1.807, 2.05) is 0 Å². The summed E-state index contributed by atoms with van der Waals surface area (Å²) in [6.07, 6.45) is 1.55. The first kappa shape index (κ1) is 10.4. The van der Waals surface area contributed by atoms with Gasteiger partial charge in [-0.15, -0.1) is 0 Å². The molecule has 0 unspecified atom stereocenters. The van der Waals surface area contributed by atoms with Crippen LogP contribution in [-0.2, 0) is 6.54 Å². The number of carboxylic acid groups (broad SMARTS) is 1. The van der Waals surface area contributed by atoms with E-state index in [4.69, 9.17) is 5.11 Å². The quantitative estimate of drug-likeness (QED) is 0.857. The van der Waals surface area contributed by atoms with Gasteiger partial charge in [0.2, 0.25) is 0 Å². The Morgan fingerprint density at radius 1 is 1.44 bits per heavy atom. The number of hydrogen-bond acceptors (Lipinski definition) is 2. The summed E-state index contributed by atoms with van der Waals surface area (Å²) >= 11 is 0. The van der Waals surface area contributed by atoms with Gasteiger partial charge in [-0.05, 0) is 23.8 Å². The minimum Gasteiger partial charge on any atom is -0.476 e. The molecule has 1 heterocycles. The van der Waals surface area contributed by atoms with Crippen LogP contribution in [0.3, 0.4) is 0 Å².